The number of carbonyl (C=O) groups excluding carboxylic acids is 2. The average molecular weight is 439 g/mol. The third kappa shape index (κ3) is 3.80. The molecular weight excluding hydrogens is 422 g/mol. The second-order valence-electron chi connectivity index (χ2n) is 7.25. The first kappa shape index (κ1) is 21.3. The number of nitrogens with zero attached hydrogens (tertiary/aromatic N) is 3. The van der Waals surface area contributed by atoms with Crippen LogP contribution in [0.15, 0.2) is 53.3 Å². The Balaban J connectivity index is 1.42. The molecule has 3 aromatic rings. The van der Waals surface area contributed by atoms with E-state index in [-0.39, 0.29) is 47.5 Å². The number of nitrogen functional groups attached to an aromatic ring is 1. The predicted molar refractivity (Wildman–Crippen MR) is 118 cm³/mol. The number of imide groups is 1. The van der Waals surface area contributed by atoms with Crippen molar-refractivity contribution in [2.24, 2.45) is 0 Å². The normalized spacial score (nSPS) is 12.2. The van der Waals surface area contributed by atoms with Crippen LogP contribution >= 0.6 is 0 Å². The number of fused-ring (bicyclic) bond motifs is 1. The van der Waals surface area contributed by atoms with E-state index in [0.717, 1.165) is 0 Å². The Kier molecular flexibility index (Phi) is 5.62. The van der Waals surface area contributed by atoms with Gasteiger partial charge in [-0.3, -0.25) is 19.3 Å². The van der Waals surface area contributed by atoms with Crippen molar-refractivity contribution in [1.29, 1.82) is 10.5 Å². The molecule has 0 saturated carbocycles. The average Bonchev–Trinajstić information content (AvgIpc) is 3.06. The van der Waals surface area contributed by atoms with E-state index < -0.39 is 5.56 Å². The zero-order chi connectivity index (χ0) is 23.5. The number of nitriles is 2. The third-order valence-corrected chi connectivity index (χ3v) is 5.28. The predicted octanol–water partition coefficient (Wildman–Crippen LogP) is 2.43. The molecule has 3 N–H and O–H groups in total. The minimum Gasteiger partial charge on any atom is -0.494 e. The molecule has 2 heterocycles. The molecule has 33 heavy (non-hydrogen) atoms. The molecular formula is C24H17N5O4. The lowest BCUT2D eigenvalue weighted by atomic mass is 9.97. The van der Waals surface area contributed by atoms with Crippen LogP contribution in [-0.2, 0) is 0 Å². The number of hydrogen-bond donors (Lipinski definition) is 2. The van der Waals surface area contributed by atoms with Gasteiger partial charge in [0, 0.05) is 12.1 Å². The van der Waals surface area contributed by atoms with Crippen molar-refractivity contribution in [3.8, 4) is 29.0 Å². The van der Waals surface area contributed by atoms with E-state index in [0.29, 0.717) is 28.9 Å². The highest BCUT2D eigenvalue weighted by Gasteiger charge is 2.34. The number of amides is 2. The maximum Gasteiger partial charge on any atom is 0.268 e. The van der Waals surface area contributed by atoms with Gasteiger partial charge in [0.1, 0.15) is 34.8 Å². The molecule has 0 unspecified atom stereocenters. The van der Waals surface area contributed by atoms with E-state index in [1.165, 1.54) is 4.90 Å². The quantitative estimate of drug-likeness (QED) is 0.442. The molecule has 0 saturated heterocycles. The summed E-state index contributed by atoms with van der Waals surface area (Å²) >= 11 is 0. The van der Waals surface area contributed by atoms with Crippen LogP contribution in [0.4, 0.5) is 5.82 Å². The van der Waals surface area contributed by atoms with Crippen molar-refractivity contribution < 1.29 is 14.3 Å². The number of carbonyl (C=O) groups is 2. The van der Waals surface area contributed by atoms with Crippen molar-refractivity contribution in [3.63, 3.8) is 0 Å². The molecule has 4 rings (SSSR count). The van der Waals surface area contributed by atoms with Crippen molar-refractivity contribution in [1.82, 2.24) is 9.88 Å². The van der Waals surface area contributed by atoms with E-state index in [1.807, 2.05) is 12.1 Å². The summed E-state index contributed by atoms with van der Waals surface area (Å²) < 4.78 is 5.69. The number of benzene rings is 2. The number of nitrogens with one attached hydrogen (secondary N) is 1. The number of anilines is 1. The number of aromatic amines is 1. The summed E-state index contributed by atoms with van der Waals surface area (Å²) in [4.78, 5) is 40.3. The molecule has 1 aromatic heterocycles. The maximum atomic E-state index is 12.4. The first-order chi connectivity index (χ1) is 16.0. The Morgan fingerprint density at radius 1 is 0.909 bits per heavy atom. The lowest BCUT2D eigenvalue weighted by Crippen LogP contribution is -2.31. The molecule has 0 atom stereocenters. The molecule has 0 spiro atoms. The second kappa shape index (κ2) is 8.69. The number of rotatable bonds is 6. The molecule has 0 radical (unpaired) electrons. The summed E-state index contributed by atoms with van der Waals surface area (Å²) in [5, 5.41) is 18.8. The molecule has 2 aromatic carbocycles. The van der Waals surface area contributed by atoms with Gasteiger partial charge in [-0.1, -0.05) is 24.3 Å². The van der Waals surface area contributed by atoms with Gasteiger partial charge in [0.05, 0.1) is 17.7 Å². The van der Waals surface area contributed by atoms with Crippen LogP contribution in [0.1, 0.15) is 38.3 Å². The number of ether oxygens (including phenoxy) is 1. The molecule has 2 amide bonds. The van der Waals surface area contributed by atoms with Gasteiger partial charge in [0.25, 0.3) is 17.4 Å². The van der Waals surface area contributed by atoms with Gasteiger partial charge in [-0.25, -0.2) is 0 Å². The van der Waals surface area contributed by atoms with E-state index in [4.69, 9.17) is 10.5 Å². The fourth-order valence-electron chi connectivity index (χ4n) is 3.70. The summed E-state index contributed by atoms with van der Waals surface area (Å²) in [7, 11) is 0. The number of pyridine rings is 1. The number of nitrogens with two attached hydrogens (primary N) is 1. The van der Waals surface area contributed by atoms with Gasteiger partial charge < -0.3 is 15.5 Å². The Bertz CT molecular complexity index is 1380. The SMILES string of the molecule is N#Cc1c(N)[nH]c(=O)c(C#N)c1-c1ccc(OCCCN2C(=O)c3ccccc3C2=O)cc1. The van der Waals surface area contributed by atoms with E-state index in [2.05, 4.69) is 4.98 Å². The Labute approximate surface area is 188 Å². The van der Waals surface area contributed by atoms with E-state index in [9.17, 15) is 24.9 Å². The molecule has 0 aliphatic carbocycles. The van der Waals surface area contributed by atoms with Crippen LogP contribution in [-0.4, -0.2) is 34.8 Å². The van der Waals surface area contributed by atoms with Crippen LogP contribution in [0.5, 0.6) is 5.75 Å². The molecule has 0 bridgehead atoms. The Hall–Kier alpha value is -4.89. The van der Waals surface area contributed by atoms with Crippen LogP contribution in [0, 0.1) is 22.7 Å². The largest absolute Gasteiger partial charge is 0.494 e. The van der Waals surface area contributed by atoms with Gasteiger partial charge in [0.15, 0.2) is 0 Å². The minimum atomic E-state index is -0.669. The highest BCUT2D eigenvalue weighted by molar-refractivity contribution is 6.21. The number of H-pyrrole nitrogens is 1. The van der Waals surface area contributed by atoms with Crippen LogP contribution in [0.3, 0.4) is 0 Å². The smallest absolute Gasteiger partial charge is 0.268 e. The Morgan fingerprint density at radius 2 is 1.52 bits per heavy atom. The van der Waals surface area contributed by atoms with Crippen molar-refractivity contribution >= 4 is 17.6 Å². The van der Waals surface area contributed by atoms with Crippen molar-refractivity contribution in [2.45, 2.75) is 6.42 Å². The van der Waals surface area contributed by atoms with Gasteiger partial charge >= 0.3 is 0 Å². The van der Waals surface area contributed by atoms with Gasteiger partial charge in [-0.2, -0.15) is 10.5 Å². The summed E-state index contributed by atoms with van der Waals surface area (Å²) in [6, 6.07) is 17.0. The molecule has 9 heteroatoms. The van der Waals surface area contributed by atoms with Gasteiger partial charge in [-0.05, 0) is 36.2 Å². The monoisotopic (exact) mass is 439 g/mol. The fourth-order valence-corrected chi connectivity index (χ4v) is 3.70. The molecule has 162 valence electrons. The summed E-state index contributed by atoms with van der Waals surface area (Å²) in [5.41, 5.74) is 6.34. The zero-order valence-electron chi connectivity index (χ0n) is 17.3. The van der Waals surface area contributed by atoms with Crippen molar-refractivity contribution in [2.75, 3.05) is 18.9 Å². The topological polar surface area (TPSA) is 153 Å². The number of hydrogen-bond acceptors (Lipinski definition) is 7. The van der Waals surface area contributed by atoms with Crippen molar-refractivity contribution in [3.05, 3.63) is 81.1 Å². The Morgan fingerprint density at radius 3 is 2.09 bits per heavy atom. The van der Waals surface area contributed by atoms with E-state index >= 15 is 0 Å². The van der Waals surface area contributed by atoms with Crippen LogP contribution in [0.2, 0.25) is 0 Å². The van der Waals surface area contributed by atoms with Gasteiger partial charge in [0.2, 0.25) is 0 Å². The minimum absolute atomic E-state index is 0.0146. The number of aromatic nitrogens is 1. The summed E-state index contributed by atoms with van der Waals surface area (Å²) in [6.45, 7) is 0.491. The highest BCUT2D eigenvalue weighted by Crippen LogP contribution is 2.29. The lowest BCUT2D eigenvalue weighted by Gasteiger charge is -2.14. The van der Waals surface area contributed by atoms with Crippen LogP contribution < -0.4 is 16.0 Å². The highest BCUT2D eigenvalue weighted by atomic mass is 16.5. The lowest BCUT2D eigenvalue weighted by molar-refractivity contribution is 0.0646. The molecule has 1 aliphatic rings. The maximum absolute atomic E-state index is 12.4. The third-order valence-electron chi connectivity index (χ3n) is 5.28. The molecule has 1 aliphatic heterocycles. The molecule has 9 nitrogen and oxygen atoms in total. The van der Waals surface area contributed by atoms with Gasteiger partial charge in [-0.15, -0.1) is 0 Å². The van der Waals surface area contributed by atoms with Crippen LogP contribution in [0.25, 0.3) is 11.1 Å². The summed E-state index contributed by atoms with van der Waals surface area (Å²) in [5.74, 6) is -0.210. The zero-order valence-corrected chi connectivity index (χ0v) is 17.3. The van der Waals surface area contributed by atoms with E-state index in [1.54, 1.807) is 48.5 Å². The second-order valence-corrected chi connectivity index (χ2v) is 7.25. The standard InChI is InChI=1S/C24H17N5O4/c25-12-18-20(19(13-26)22(30)28-21(18)27)14-6-8-15(9-7-14)33-11-3-10-29-23(31)16-4-1-2-5-17(16)24(29)32/h1-2,4-9H,3,10-11H2,(H3,27,28,30). The molecule has 0 fully saturated rings. The fraction of sp³-hybridized carbons (Fsp3) is 0.125. The summed E-state index contributed by atoms with van der Waals surface area (Å²) in [6.07, 6.45) is 0.439. The first-order valence-electron chi connectivity index (χ1n) is 10.0. The first-order valence-corrected chi connectivity index (χ1v) is 10.0.